The Bertz CT molecular complexity index is 386. The van der Waals surface area contributed by atoms with E-state index >= 15 is 0 Å². The van der Waals surface area contributed by atoms with Crippen LogP contribution in [0.15, 0.2) is 23.1 Å². The maximum Gasteiger partial charge on any atom is 0.0244 e. The summed E-state index contributed by atoms with van der Waals surface area (Å²) >= 11 is 4.65. The smallest absolute Gasteiger partial charge is 0.0244 e. The molecule has 0 unspecified atom stereocenters. The van der Waals surface area contributed by atoms with Crippen LogP contribution in [0.4, 0.5) is 0 Å². The fraction of sp³-hybridized carbons (Fsp3) is 0.600. The molecule has 1 fully saturated rings. The predicted octanol–water partition coefficient (Wildman–Crippen LogP) is 3.87. The molecule has 0 aliphatic carbocycles. The van der Waals surface area contributed by atoms with Crippen LogP contribution < -0.4 is 0 Å². The Morgan fingerprint density at radius 3 is 2.35 bits per heavy atom. The molecular formula is C15H23NS. The molecule has 0 aromatic heterocycles. The Hall–Kier alpha value is -0.470. The third-order valence-corrected chi connectivity index (χ3v) is 3.96. The molecule has 17 heavy (non-hydrogen) atoms. The van der Waals surface area contributed by atoms with E-state index in [1.807, 2.05) is 0 Å². The van der Waals surface area contributed by atoms with Crippen LogP contribution >= 0.6 is 12.6 Å². The summed E-state index contributed by atoms with van der Waals surface area (Å²) in [5, 5.41) is 0. The molecule has 2 heteroatoms. The summed E-state index contributed by atoms with van der Waals surface area (Å²) in [4.78, 5) is 3.66. The van der Waals surface area contributed by atoms with Gasteiger partial charge in [0, 0.05) is 11.4 Å². The van der Waals surface area contributed by atoms with Gasteiger partial charge in [-0.2, -0.15) is 0 Å². The highest BCUT2D eigenvalue weighted by molar-refractivity contribution is 7.80. The van der Waals surface area contributed by atoms with E-state index in [4.69, 9.17) is 0 Å². The molecule has 0 spiro atoms. The Kier molecular flexibility index (Phi) is 3.84. The lowest BCUT2D eigenvalue weighted by molar-refractivity contribution is 0.329. The monoisotopic (exact) mass is 249 g/mol. The molecule has 0 saturated carbocycles. The van der Waals surface area contributed by atoms with Gasteiger partial charge in [-0.15, -0.1) is 12.6 Å². The van der Waals surface area contributed by atoms with Crippen molar-refractivity contribution in [3.63, 3.8) is 0 Å². The summed E-state index contributed by atoms with van der Waals surface area (Å²) in [6.45, 7) is 10.3. The number of hydrogen-bond donors (Lipinski definition) is 1. The van der Waals surface area contributed by atoms with E-state index in [1.54, 1.807) is 0 Å². The Morgan fingerprint density at radius 2 is 1.82 bits per heavy atom. The van der Waals surface area contributed by atoms with E-state index in [0.29, 0.717) is 0 Å². The Morgan fingerprint density at radius 1 is 1.18 bits per heavy atom. The third kappa shape index (κ3) is 3.26. The van der Waals surface area contributed by atoms with E-state index < -0.39 is 0 Å². The molecule has 1 saturated heterocycles. The van der Waals surface area contributed by atoms with E-state index in [0.717, 1.165) is 11.4 Å². The number of thiol groups is 1. The first kappa shape index (κ1) is 13.0. The quantitative estimate of drug-likeness (QED) is 0.779. The van der Waals surface area contributed by atoms with E-state index in [2.05, 4.69) is 56.5 Å². The second kappa shape index (κ2) is 5.03. The topological polar surface area (TPSA) is 3.24 Å². The third-order valence-electron chi connectivity index (χ3n) is 3.54. The molecule has 2 rings (SSSR count). The van der Waals surface area contributed by atoms with Crippen molar-refractivity contribution in [2.24, 2.45) is 0 Å². The number of rotatable bonds is 2. The van der Waals surface area contributed by atoms with Crippen molar-refractivity contribution in [2.45, 2.75) is 50.5 Å². The van der Waals surface area contributed by atoms with Crippen molar-refractivity contribution in [1.29, 1.82) is 0 Å². The van der Waals surface area contributed by atoms with Crippen LogP contribution in [0.25, 0.3) is 0 Å². The van der Waals surface area contributed by atoms with Crippen LogP contribution in [-0.2, 0) is 12.0 Å². The highest BCUT2D eigenvalue weighted by Gasteiger charge is 2.16. The minimum absolute atomic E-state index is 0.212. The fourth-order valence-electron chi connectivity index (χ4n) is 2.35. The maximum absolute atomic E-state index is 4.65. The predicted molar refractivity (Wildman–Crippen MR) is 76.9 cm³/mol. The largest absolute Gasteiger partial charge is 0.299 e. The van der Waals surface area contributed by atoms with Crippen LogP contribution in [0, 0.1) is 0 Å². The average molecular weight is 249 g/mol. The molecule has 1 aliphatic heterocycles. The summed E-state index contributed by atoms with van der Waals surface area (Å²) in [5.41, 5.74) is 2.94. The van der Waals surface area contributed by atoms with E-state index in [9.17, 15) is 0 Å². The Labute approximate surface area is 111 Å². The zero-order valence-electron chi connectivity index (χ0n) is 11.2. The van der Waals surface area contributed by atoms with Gasteiger partial charge in [0.15, 0.2) is 0 Å². The van der Waals surface area contributed by atoms with Gasteiger partial charge in [-0.1, -0.05) is 32.9 Å². The summed E-state index contributed by atoms with van der Waals surface area (Å²) in [5.74, 6) is 0. The van der Waals surface area contributed by atoms with Gasteiger partial charge >= 0.3 is 0 Å². The standard InChI is InChI=1S/C15H23NS/c1-15(2,3)13-7-6-12(14(17)10-13)11-16-8-4-5-9-16/h6-7,10,17H,4-5,8-9,11H2,1-3H3. The molecule has 0 amide bonds. The van der Waals surface area contributed by atoms with Gasteiger partial charge in [0.05, 0.1) is 0 Å². The summed E-state index contributed by atoms with van der Waals surface area (Å²) in [6.07, 6.45) is 2.70. The SMILES string of the molecule is CC(C)(C)c1ccc(CN2CCCC2)c(S)c1. The average Bonchev–Trinajstić information content (AvgIpc) is 2.72. The summed E-state index contributed by atoms with van der Waals surface area (Å²) < 4.78 is 0. The van der Waals surface area contributed by atoms with Crippen LogP contribution in [0.5, 0.6) is 0 Å². The van der Waals surface area contributed by atoms with Crippen molar-refractivity contribution < 1.29 is 0 Å². The highest BCUT2D eigenvalue weighted by Crippen LogP contribution is 2.27. The molecular weight excluding hydrogens is 226 g/mol. The molecule has 0 bridgehead atoms. The van der Waals surface area contributed by atoms with Crippen LogP contribution in [0.1, 0.15) is 44.7 Å². The first-order valence-corrected chi connectivity index (χ1v) is 6.96. The number of hydrogen-bond acceptors (Lipinski definition) is 2. The second-order valence-corrected chi connectivity index (χ2v) is 6.56. The van der Waals surface area contributed by atoms with Crippen LogP contribution in [-0.4, -0.2) is 18.0 Å². The minimum Gasteiger partial charge on any atom is -0.299 e. The molecule has 0 N–H and O–H groups in total. The van der Waals surface area contributed by atoms with Gasteiger partial charge in [0.25, 0.3) is 0 Å². The van der Waals surface area contributed by atoms with Crippen molar-refractivity contribution in [2.75, 3.05) is 13.1 Å². The highest BCUT2D eigenvalue weighted by atomic mass is 32.1. The molecule has 1 heterocycles. The zero-order chi connectivity index (χ0) is 12.5. The summed E-state index contributed by atoms with van der Waals surface area (Å²) in [7, 11) is 0. The van der Waals surface area contributed by atoms with Gasteiger partial charge in [-0.3, -0.25) is 4.90 Å². The van der Waals surface area contributed by atoms with E-state index in [1.165, 1.54) is 37.1 Å². The van der Waals surface area contributed by atoms with Crippen molar-refractivity contribution in [3.05, 3.63) is 29.3 Å². The van der Waals surface area contributed by atoms with Gasteiger partial charge < -0.3 is 0 Å². The fourth-order valence-corrected chi connectivity index (χ4v) is 2.63. The number of nitrogens with zero attached hydrogens (tertiary/aromatic N) is 1. The van der Waals surface area contributed by atoms with Crippen molar-refractivity contribution >= 4 is 12.6 Å². The number of benzene rings is 1. The lowest BCUT2D eigenvalue weighted by atomic mass is 9.86. The second-order valence-electron chi connectivity index (χ2n) is 6.08. The van der Waals surface area contributed by atoms with Gasteiger partial charge in [-0.05, 0) is 48.5 Å². The zero-order valence-corrected chi connectivity index (χ0v) is 12.1. The molecule has 1 nitrogen and oxygen atoms in total. The first-order chi connectivity index (χ1) is 7.97. The molecule has 94 valence electrons. The number of likely N-dealkylation sites (tertiary alicyclic amines) is 1. The molecule has 1 aromatic carbocycles. The van der Waals surface area contributed by atoms with Crippen LogP contribution in [0.3, 0.4) is 0 Å². The Balaban J connectivity index is 2.14. The minimum atomic E-state index is 0.212. The van der Waals surface area contributed by atoms with Crippen molar-refractivity contribution in [3.8, 4) is 0 Å². The van der Waals surface area contributed by atoms with E-state index in [-0.39, 0.29) is 5.41 Å². The van der Waals surface area contributed by atoms with Gasteiger partial charge in [0.1, 0.15) is 0 Å². The first-order valence-electron chi connectivity index (χ1n) is 6.51. The molecule has 0 radical (unpaired) electrons. The summed E-state index contributed by atoms with van der Waals surface area (Å²) in [6, 6.07) is 6.74. The normalized spacial score (nSPS) is 17.6. The van der Waals surface area contributed by atoms with Crippen LogP contribution in [0.2, 0.25) is 0 Å². The van der Waals surface area contributed by atoms with Crippen molar-refractivity contribution in [1.82, 2.24) is 4.90 Å². The van der Waals surface area contributed by atoms with Gasteiger partial charge in [0.2, 0.25) is 0 Å². The maximum atomic E-state index is 4.65. The lowest BCUT2D eigenvalue weighted by Crippen LogP contribution is -2.19. The molecule has 0 atom stereocenters. The lowest BCUT2D eigenvalue weighted by Gasteiger charge is -2.22. The molecule has 1 aliphatic rings. The van der Waals surface area contributed by atoms with Gasteiger partial charge in [-0.25, -0.2) is 0 Å². The molecule has 1 aromatic rings.